The molecule has 0 amide bonds. The molecule has 0 saturated heterocycles. The first kappa shape index (κ1) is 33.3. The number of ether oxygens (including phenoxy) is 1. The number of para-hydroxylation sites is 1. The van der Waals surface area contributed by atoms with Crippen LogP contribution in [0.3, 0.4) is 0 Å². The Morgan fingerprint density at radius 3 is 2.45 bits per heavy atom. The Bertz CT molecular complexity index is 1900. The number of esters is 1. The molecule has 4 aromatic rings. The highest BCUT2D eigenvalue weighted by molar-refractivity contribution is 7.93. The first-order chi connectivity index (χ1) is 22.6. The summed E-state index contributed by atoms with van der Waals surface area (Å²) in [5.41, 5.74) is 2.39. The van der Waals surface area contributed by atoms with Crippen molar-refractivity contribution in [2.24, 2.45) is 0 Å². The van der Waals surface area contributed by atoms with Crippen molar-refractivity contribution in [3.05, 3.63) is 129 Å². The molecule has 0 aliphatic carbocycles. The van der Waals surface area contributed by atoms with Gasteiger partial charge in [-0.1, -0.05) is 60.7 Å². The molecule has 0 N–H and O–H groups in total. The molecule has 0 bridgehead atoms. The van der Waals surface area contributed by atoms with Crippen LogP contribution in [0.4, 0.5) is 21.5 Å². The van der Waals surface area contributed by atoms with Crippen LogP contribution in [0.15, 0.2) is 95.9 Å². The standard InChI is InChI=1S/C35H34FN3O7S/c1-2-46-35(41)20-18-25-17-19-28(22-30(25)36)38(47(44,45)34-16-7-6-14-32(34)39(42)43)23-27-12-8-15-31-29(27)13-9-21-37(31)24-33(40)26-10-4-3-5-11-26/h3-8,10-12,14-17,19,22H,2,9,13,18,20-21,23-24H2,1H3. The summed E-state index contributed by atoms with van der Waals surface area (Å²) in [6, 6.07) is 23.3. The van der Waals surface area contributed by atoms with Gasteiger partial charge in [-0.2, -0.15) is 0 Å². The predicted molar refractivity (Wildman–Crippen MR) is 176 cm³/mol. The number of ketones is 1. The van der Waals surface area contributed by atoms with Crippen molar-refractivity contribution < 1.29 is 32.1 Å². The summed E-state index contributed by atoms with van der Waals surface area (Å²) in [7, 11) is -4.60. The van der Waals surface area contributed by atoms with Crippen LogP contribution in [-0.2, 0) is 38.9 Å². The van der Waals surface area contributed by atoms with E-state index in [1.54, 1.807) is 43.3 Å². The summed E-state index contributed by atoms with van der Waals surface area (Å²) in [5.74, 6) is -1.26. The second-order valence-electron chi connectivity index (χ2n) is 11.0. The Labute approximate surface area is 272 Å². The fourth-order valence-corrected chi connectivity index (χ4v) is 7.35. The lowest BCUT2D eigenvalue weighted by Gasteiger charge is -2.33. The molecule has 0 saturated carbocycles. The van der Waals surface area contributed by atoms with Gasteiger partial charge in [-0.25, -0.2) is 12.8 Å². The maximum absolute atomic E-state index is 15.4. The number of anilines is 2. The molecule has 10 nitrogen and oxygen atoms in total. The fraction of sp³-hybridized carbons (Fsp3) is 0.257. The third-order valence-corrected chi connectivity index (χ3v) is 9.87. The van der Waals surface area contributed by atoms with E-state index in [0.29, 0.717) is 30.5 Å². The van der Waals surface area contributed by atoms with Gasteiger partial charge in [-0.05, 0) is 67.1 Å². The van der Waals surface area contributed by atoms with Crippen molar-refractivity contribution in [1.82, 2.24) is 0 Å². The summed E-state index contributed by atoms with van der Waals surface area (Å²) in [6.07, 6.45) is 1.32. The zero-order chi connectivity index (χ0) is 33.6. The van der Waals surface area contributed by atoms with E-state index in [4.69, 9.17) is 4.74 Å². The average Bonchev–Trinajstić information content (AvgIpc) is 3.07. The Balaban J connectivity index is 1.53. The number of aryl methyl sites for hydroxylation is 1. The number of sulfonamides is 1. The number of benzene rings is 4. The maximum Gasteiger partial charge on any atom is 0.306 e. The van der Waals surface area contributed by atoms with Crippen LogP contribution in [0.25, 0.3) is 0 Å². The van der Waals surface area contributed by atoms with Gasteiger partial charge >= 0.3 is 5.97 Å². The fourth-order valence-electron chi connectivity index (χ4n) is 5.75. The van der Waals surface area contributed by atoms with Gasteiger partial charge in [0.15, 0.2) is 10.7 Å². The lowest BCUT2D eigenvalue weighted by molar-refractivity contribution is -0.387. The van der Waals surface area contributed by atoms with Gasteiger partial charge in [0.1, 0.15) is 5.82 Å². The molecule has 12 heteroatoms. The van der Waals surface area contributed by atoms with Crippen LogP contribution in [0, 0.1) is 15.9 Å². The molecule has 47 heavy (non-hydrogen) atoms. The van der Waals surface area contributed by atoms with E-state index in [2.05, 4.69) is 0 Å². The minimum absolute atomic E-state index is 0.0370. The Morgan fingerprint density at radius 2 is 1.72 bits per heavy atom. The molecular weight excluding hydrogens is 625 g/mol. The van der Waals surface area contributed by atoms with Crippen molar-refractivity contribution >= 4 is 38.8 Å². The molecule has 0 aromatic heterocycles. The monoisotopic (exact) mass is 659 g/mol. The summed E-state index contributed by atoms with van der Waals surface area (Å²) in [5, 5.41) is 11.9. The number of rotatable bonds is 13. The maximum atomic E-state index is 15.4. The molecule has 0 unspecified atom stereocenters. The summed E-state index contributed by atoms with van der Waals surface area (Å²) < 4.78 is 49.9. The Morgan fingerprint density at radius 1 is 0.979 bits per heavy atom. The number of fused-ring (bicyclic) bond motifs is 1. The molecule has 4 aromatic carbocycles. The van der Waals surface area contributed by atoms with Crippen LogP contribution in [0.1, 0.15) is 46.8 Å². The summed E-state index contributed by atoms with van der Waals surface area (Å²) >= 11 is 0. The van der Waals surface area contributed by atoms with E-state index < -0.39 is 37.3 Å². The number of halogens is 1. The molecule has 0 radical (unpaired) electrons. The quantitative estimate of drug-likeness (QED) is 0.0713. The minimum Gasteiger partial charge on any atom is -0.466 e. The number of Topliss-reactive ketones (excluding diaryl/α,β-unsaturated/α-hetero) is 1. The molecule has 5 rings (SSSR count). The lowest BCUT2D eigenvalue weighted by Crippen LogP contribution is -2.36. The zero-order valence-electron chi connectivity index (χ0n) is 25.8. The van der Waals surface area contributed by atoms with E-state index in [9.17, 15) is 28.1 Å². The number of nitro benzene ring substituents is 1. The molecular formula is C35H34FN3O7S. The number of nitrogens with zero attached hydrogens (tertiary/aromatic N) is 3. The molecule has 0 fully saturated rings. The van der Waals surface area contributed by atoms with Crippen LogP contribution in [-0.4, -0.2) is 44.8 Å². The highest BCUT2D eigenvalue weighted by Gasteiger charge is 2.33. The van der Waals surface area contributed by atoms with E-state index in [-0.39, 0.29) is 49.6 Å². The summed E-state index contributed by atoms with van der Waals surface area (Å²) in [4.78, 5) is 37.5. The van der Waals surface area contributed by atoms with Gasteiger partial charge in [0.2, 0.25) is 0 Å². The first-order valence-electron chi connectivity index (χ1n) is 15.2. The van der Waals surface area contributed by atoms with Crippen LogP contribution in [0.5, 0.6) is 0 Å². The molecule has 0 spiro atoms. The highest BCUT2D eigenvalue weighted by atomic mass is 32.2. The van der Waals surface area contributed by atoms with Crippen molar-refractivity contribution in [1.29, 1.82) is 0 Å². The molecule has 1 heterocycles. The molecule has 1 aliphatic heterocycles. The predicted octanol–water partition coefficient (Wildman–Crippen LogP) is 6.26. The number of hydrogen-bond acceptors (Lipinski definition) is 8. The average molecular weight is 660 g/mol. The van der Waals surface area contributed by atoms with Gasteiger partial charge in [0.25, 0.3) is 15.7 Å². The second kappa shape index (κ2) is 14.5. The zero-order valence-corrected chi connectivity index (χ0v) is 26.6. The van der Waals surface area contributed by atoms with E-state index >= 15 is 4.39 Å². The van der Waals surface area contributed by atoms with Gasteiger partial charge in [0.05, 0.1) is 30.3 Å². The normalized spacial score (nSPS) is 12.7. The van der Waals surface area contributed by atoms with Crippen molar-refractivity contribution in [3.8, 4) is 0 Å². The second-order valence-corrected chi connectivity index (χ2v) is 12.9. The van der Waals surface area contributed by atoms with Gasteiger partial charge in [-0.3, -0.25) is 24.0 Å². The van der Waals surface area contributed by atoms with E-state index in [1.807, 2.05) is 17.0 Å². The van der Waals surface area contributed by atoms with Crippen molar-refractivity contribution in [2.75, 3.05) is 28.9 Å². The third kappa shape index (κ3) is 7.49. The smallest absolute Gasteiger partial charge is 0.306 e. The number of hydrogen-bond donors (Lipinski definition) is 0. The largest absolute Gasteiger partial charge is 0.466 e. The first-order valence-corrected chi connectivity index (χ1v) is 16.7. The van der Waals surface area contributed by atoms with E-state index in [0.717, 1.165) is 33.8 Å². The molecule has 1 aliphatic rings. The van der Waals surface area contributed by atoms with Crippen LogP contribution >= 0.6 is 0 Å². The highest BCUT2D eigenvalue weighted by Crippen LogP contribution is 2.36. The van der Waals surface area contributed by atoms with Crippen molar-refractivity contribution in [3.63, 3.8) is 0 Å². The van der Waals surface area contributed by atoms with Gasteiger partial charge in [0, 0.05) is 30.3 Å². The molecule has 0 atom stereocenters. The Hall–Kier alpha value is -5.10. The van der Waals surface area contributed by atoms with Gasteiger partial charge in [-0.15, -0.1) is 0 Å². The number of nitro groups is 1. The van der Waals surface area contributed by atoms with Crippen molar-refractivity contribution in [2.45, 2.75) is 44.0 Å². The van der Waals surface area contributed by atoms with Crippen LogP contribution in [0.2, 0.25) is 0 Å². The molecule has 244 valence electrons. The lowest BCUT2D eigenvalue weighted by atomic mass is 9.95. The van der Waals surface area contributed by atoms with Crippen LogP contribution < -0.4 is 9.21 Å². The number of carbonyl (C=O) groups is 2. The van der Waals surface area contributed by atoms with Gasteiger partial charge < -0.3 is 9.64 Å². The minimum atomic E-state index is -4.60. The summed E-state index contributed by atoms with van der Waals surface area (Å²) in [6.45, 7) is 2.39. The van der Waals surface area contributed by atoms with E-state index in [1.165, 1.54) is 24.3 Å². The Kier molecular flexibility index (Phi) is 10.3. The third-order valence-electron chi connectivity index (χ3n) is 8.05. The SMILES string of the molecule is CCOC(=O)CCc1ccc(N(Cc2cccc3c2CCCN3CC(=O)c2ccccc2)S(=O)(=O)c2ccccc2[N+](=O)[O-])cc1F. The topological polar surface area (TPSA) is 127 Å². The number of carbonyl (C=O) groups excluding carboxylic acids is 2.